The predicted molar refractivity (Wildman–Crippen MR) is 173 cm³/mol. The third-order valence-corrected chi connectivity index (χ3v) is 9.10. The fourth-order valence-corrected chi connectivity index (χ4v) is 6.78. The molecular weight excluding hydrogens is 562 g/mol. The van der Waals surface area contributed by atoms with Crippen molar-refractivity contribution in [1.29, 1.82) is 0 Å². The lowest BCUT2D eigenvalue weighted by atomic mass is 10.1. The normalized spacial score (nSPS) is 16.1. The Morgan fingerprint density at radius 2 is 1.62 bits per heavy atom. The van der Waals surface area contributed by atoms with Gasteiger partial charge in [0, 0.05) is 47.3 Å². The Hall–Kier alpha value is -4.00. The Morgan fingerprint density at radius 1 is 0.857 bits per heavy atom. The van der Waals surface area contributed by atoms with Crippen molar-refractivity contribution < 1.29 is 9.59 Å². The van der Waals surface area contributed by atoms with E-state index in [1.165, 1.54) is 28.6 Å². The summed E-state index contributed by atoms with van der Waals surface area (Å²) < 4.78 is 0. The highest BCUT2D eigenvalue weighted by Gasteiger charge is 2.29. The number of amides is 2. The first-order chi connectivity index (χ1) is 20.4. The van der Waals surface area contributed by atoms with E-state index < -0.39 is 0 Å². The van der Waals surface area contributed by atoms with E-state index in [-0.39, 0.29) is 11.8 Å². The second-order valence-corrected chi connectivity index (χ2v) is 12.3. The van der Waals surface area contributed by atoms with Crippen molar-refractivity contribution in [2.24, 2.45) is 0 Å². The van der Waals surface area contributed by atoms with E-state index >= 15 is 0 Å². The first-order valence-corrected chi connectivity index (χ1v) is 15.3. The largest absolute Gasteiger partial charge is 0.368 e. The van der Waals surface area contributed by atoms with Crippen molar-refractivity contribution in [3.63, 3.8) is 0 Å². The summed E-state index contributed by atoms with van der Waals surface area (Å²) in [7, 11) is 0. The van der Waals surface area contributed by atoms with Crippen LogP contribution >= 0.6 is 23.4 Å². The lowest BCUT2D eigenvalue weighted by Crippen LogP contribution is -2.49. The molecule has 6 rings (SSSR count). The van der Waals surface area contributed by atoms with E-state index in [0.717, 1.165) is 34.8 Å². The maximum atomic E-state index is 13.7. The summed E-state index contributed by atoms with van der Waals surface area (Å²) in [4.78, 5) is 34.8. The van der Waals surface area contributed by atoms with Gasteiger partial charge in [-0.1, -0.05) is 71.9 Å². The number of carbonyl (C=O) groups excluding carboxylic acids is 2. The lowest BCUT2D eigenvalue weighted by molar-refractivity contribution is -0.114. The third-order valence-electron chi connectivity index (χ3n) is 7.79. The quantitative estimate of drug-likeness (QED) is 0.224. The average Bonchev–Trinajstić information content (AvgIpc) is 3.00. The number of carbonyl (C=O) groups is 2. The standard InChI is InChI=1S/C35H32ClN3O2S/c1-24-10-11-25(2)31(20-24)37-16-18-38(19-17-37)34(40)28-14-12-26(13-15-28)22-33-35(41)39(23-27-6-5-7-29(36)21-27)30-8-3-4-9-32(30)42-33/h3-15,20-22H,16-19,23H2,1-2H3/b33-22+. The summed E-state index contributed by atoms with van der Waals surface area (Å²) in [5, 5.41) is 0.647. The Balaban J connectivity index is 1.16. The summed E-state index contributed by atoms with van der Waals surface area (Å²) >= 11 is 7.69. The highest BCUT2D eigenvalue weighted by atomic mass is 35.5. The Kier molecular flexibility index (Phi) is 8.09. The second kappa shape index (κ2) is 12.1. The van der Waals surface area contributed by atoms with Gasteiger partial charge in [-0.25, -0.2) is 0 Å². The summed E-state index contributed by atoms with van der Waals surface area (Å²) in [6.07, 6.45) is 1.91. The van der Waals surface area contributed by atoms with Crippen molar-refractivity contribution in [2.75, 3.05) is 36.0 Å². The van der Waals surface area contributed by atoms with E-state index in [4.69, 9.17) is 11.6 Å². The molecule has 0 aromatic heterocycles. The summed E-state index contributed by atoms with van der Waals surface area (Å²) in [6, 6.07) is 29.6. The molecule has 0 N–H and O–H groups in total. The van der Waals surface area contributed by atoms with Crippen LogP contribution in [0.25, 0.3) is 6.08 Å². The van der Waals surface area contributed by atoms with Gasteiger partial charge in [-0.05, 0) is 84.6 Å². The molecule has 2 aliphatic rings. The number of hydrogen-bond acceptors (Lipinski definition) is 4. The van der Waals surface area contributed by atoms with Crippen LogP contribution in [-0.4, -0.2) is 42.9 Å². The SMILES string of the molecule is Cc1ccc(C)c(N2CCN(C(=O)c3ccc(/C=C4/Sc5ccccc5N(Cc5cccc(Cl)c5)C4=O)cc3)CC2)c1. The predicted octanol–water partition coefficient (Wildman–Crippen LogP) is 7.60. The topological polar surface area (TPSA) is 43.9 Å². The van der Waals surface area contributed by atoms with Gasteiger partial charge in [0.2, 0.25) is 0 Å². The summed E-state index contributed by atoms with van der Waals surface area (Å²) in [5.41, 5.74) is 7.16. The number of para-hydroxylation sites is 1. The fourth-order valence-electron chi connectivity index (χ4n) is 5.50. The van der Waals surface area contributed by atoms with Crippen molar-refractivity contribution in [2.45, 2.75) is 25.3 Å². The number of nitrogens with zero attached hydrogens (tertiary/aromatic N) is 3. The van der Waals surface area contributed by atoms with Gasteiger partial charge >= 0.3 is 0 Å². The molecule has 0 saturated carbocycles. The maximum Gasteiger partial charge on any atom is 0.265 e. The molecule has 2 heterocycles. The van der Waals surface area contributed by atoms with Crippen molar-refractivity contribution >= 4 is 52.6 Å². The van der Waals surface area contributed by atoms with Gasteiger partial charge in [-0.2, -0.15) is 0 Å². The molecule has 1 saturated heterocycles. The molecule has 0 aliphatic carbocycles. The molecule has 4 aromatic carbocycles. The number of aryl methyl sites for hydroxylation is 2. The molecule has 5 nitrogen and oxygen atoms in total. The number of piperazine rings is 1. The summed E-state index contributed by atoms with van der Waals surface area (Å²) in [6.45, 7) is 7.67. The zero-order valence-corrected chi connectivity index (χ0v) is 25.3. The molecular formula is C35H32ClN3O2S. The maximum absolute atomic E-state index is 13.7. The van der Waals surface area contributed by atoms with Gasteiger partial charge in [0.25, 0.3) is 11.8 Å². The van der Waals surface area contributed by atoms with Gasteiger partial charge in [0.05, 0.1) is 17.1 Å². The summed E-state index contributed by atoms with van der Waals surface area (Å²) in [5.74, 6) is -0.0138. The number of benzene rings is 4. The van der Waals surface area contributed by atoms with E-state index in [9.17, 15) is 9.59 Å². The molecule has 2 amide bonds. The van der Waals surface area contributed by atoms with E-state index in [0.29, 0.717) is 35.1 Å². The molecule has 0 unspecified atom stereocenters. The van der Waals surface area contributed by atoms with Crippen LogP contribution in [0.3, 0.4) is 0 Å². The third kappa shape index (κ3) is 5.96. The highest BCUT2D eigenvalue weighted by Crippen LogP contribution is 2.42. The number of hydrogen-bond donors (Lipinski definition) is 0. The van der Waals surface area contributed by atoms with Gasteiger partial charge in [0.1, 0.15) is 0 Å². The Labute approximate surface area is 256 Å². The molecule has 2 aliphatic heterocycles. The van der Waals surface area contributed by atoms with Crippen molar-refractivity contribution in [1.82, 2.24) is 4.90 Å². The zero-order valence-electron chi connectivity index (χ0n) is 23.7. The molecule has 0 spiro atoms. The van der Waals surface area contributed by atoms with Crippen molar-refractivity contribution in [3.05, 3.63) is 129 Å². The lowest BCUT2D eigenvalue weighted by Gasteiger charge is -2.37. The first kappa shape index (κ1) is 28.1. The Bertz CT molecular complexity index is 1680. The molecule has 0 bridgehead atoms. The number of halogens is 1. The van der Waals surface area contributed by atoms with E-state index in [2.05, 4.69) is 36.9 Å². The number of fused-ring (bicyclic) bond motifs is 1. The molecule has 0 atom stereocenters. The van der Waals surface area contributed by atoms with E-state index in [1.807, 2.05) is 83.8 Å². The molecule has 7 heteroatoms. The monoisotopic (exact) mass is 593 g/mol. The fraction of sp³-hybridized carbons (Fsp3) is 0.200. The van der Waals surface area contributed by atoms with Crippen LogP contribution in [0, 0.1) is 13.8 Å². The molecule has 0 radical (unpaired) electrons. The van der Waals surface area contributed by atoms with Gasteiger partial charge < -0.3 is 14.7 Å². The van der Waals surface area contributed by atoms with Gasteiger partial charge in [0.15, 0.2) is 0 Å². The van der Waals surface area contributed by atoms with Crippen LogP contribution in [-0.2, 0) is 11.3 Å². The molecule has 1 fully saturated rings. The number of rotatable bonds is 5. The minimum atomic E-state index is -0.0551. The van der Waals surface area contributed by atoms with Crippen LogP contribution in [0.15, 0.2) is 101 Å². The van der Waals surface area contributed by atoms with Gasteiger partial charge in [-0.15, -0.1) is 0 Å². The van der Waals surface area contributed by atoms with Crippen LogP contribution in [0.5, 0.6) is 0 Å². The van der Waals surface area contributed by atoms with Gasteiger partial charge in [-0.3, -0.25) is 9.59 Å². The van der Waals surface area contributed by atoms with Crippen molar-refractivity contribution in [3.8, 4) is 0 Å². The first-order valence-electron chi connectivity index (χ1n) is 14.1. The van der Waals surface area contributed by atoms with Crippen LogP contribution < -0.4 is 9.80 Å². The Morgan fingerprint density at radius 3 is 2.38 bits per heavy atom. The minimum Gasteiger partial charge on any atom is -0.368 e. The van der Waals surface area contributed by atoms with Crippen LogP contribution in [0.4, 0.5) is 11.4 Å². The zero-order chi connectivity index (χ0) is 29.2. The van der Waals surface area contributed by atoms with Crippen LogP contribution in [0.2, 0.25) is 5.02 Å². The highest BCUT2D eigenvalue weighted by molar-refractivity contribution is 8.04. The molecule has 212 valence electrons. The molecule has 4 aromatic rings. The van der Waals surface area contributed by atoms with E-state index in [1.54, 1.807) is 4.90 Å². The molecule has 42 heavy (non-hydrogen) atoms. The second-order valence-electron chi connectivity index (χ2n) is 10.8. The minimum absolute atomic E-state index is 0.0413. The average molecular weight is 594 g/mol. The number of anilines is 2. The smallest absolute Gasteiger partial charge is 0.265 e. The number of thioether (sulfide) groups is 1. The van der Waals surface area contributed by atoms with Crippen LogP contribution in [0.1, 0.15) is 32.6 Å².